The van der Waals surface area contributed by atoms with E-state index in [9.17, 15) is 9.18 Å². The molecule has 0 unspecified atom stereocenters. The van der Waals surface area contributed by atoms with Gasteiger partial charge in [0.05, 0.1) is 22.5 Å². The smallest absolute Gasteiger partial charge is 0.252 e. The zero-order chi connectivity index (χ0) is 17.2. The standard InChI is InChI=1S/C20H18FN3O/c21-13-8-9-15-16(20(25)23-14-5-1-2-6-14)12-19(24-18(15)11-13)17-7-3-4-10-22-17/h3-4,7-12,14H,1-2,5-6H2,(H,23,25). The number of amides is 1. The lowest BCUT2D eigenvalue weighted by molar-refractivity contribution is 0.0939. The Morgan fingerprint density at radius 2 is 1.92 bits per heavy atom. The molecule has 5 heteroatoms. The number of hydrogen-bond acceptors (Lipinski definition) is 3. The molecule has 1 fully saturated rings. The second-order valence-electron chi connectivity index (χ2n) is 6.39. The summed E-state index contributed by atoms with van der Waals surface area (Å²) < 4.78 is 13.7. The molecule has 1 aliphatic carbocycles. The van der Waals surface area contributed by atoms with Crippen LogP contribution < -0.4 is 5.32 Å². The highest BCUT2D eigenvalue weighted by Crippen LogP contribution is 2.25. The van der Waals surface area contributed by atoms with Crippen LogP contribution in [0.1, 0.15) is 36.0 Å². The third kappa shape index (κ3) is 3.22. The van der Waals surface area contributed by atoms with Crippen LogP contribution in [0.25, 0.3) is 22.3 Å². The molecular formula is C20H18FN3O. The fourth-order valence-electron chi connectivity index (χ4n) is 3.37. The Hall–Kier alpha value is -2.82. The fraction of sp³-hybridized carbons (Fsp3) is 0.250. The lowest BCUT2D eigenvalue weighted by Gasteiger charge is -2.14. The number of aromatic nitrogens is 2. The van der Waals surface area contributed by atoms with E-state index in [0.717, 1.165) is 25.7 Å². The second kappa shape index (κ2) is 6.59. The van der Waals surface area contributed by atoms with Gasteiger partial charge in [-0.25, -0.2) is 9.37 Å². The van der Waals surface area contributed by atoms with E-state index in [1.165, 1.54) is 12.1 Å². The van der Waals surface area contributed by atoms with Crippen LogP contribution in [0.3, 0.4) is 0 Å². The monoisotopic (exact) mass is 335 g/mol. The van der Waals surface area contributed by atoms with Crippen LogP contribution in [0.15, 0.2) is 48.7 Å². The largest absolute Gasteiger partial charge is 0.349 e. The van der Waals surface area contributed by atoms with Crippen LogP contribution in [0.2, 0.25) is 0 Å². The summed E-state index contributed by atoms with van der Waals surface area (Å²) in [4.78, 5) is 21.6. The predicted octanol–water partition coefficient (Wildman–Crippen LogP) is 4.11. The normalized spacial score (nSPS) is 14.8. The van der Waals surface area contributed by atoms with Crippen LogP contribution in [-0.2, 0) is 0 Å². The average Bonchev–Trinajstić information content (AvgIpc) is 3.14. The molecule has 25 heavy (non-hydrogen) atoms. The van der Waals surface area contributed by atoms with Crippen molar-refractivity contribution in [3.05, 3.63) is 60.0 Å². The molecule has 4 rings (SSSR count). The van der Waals surface area contributed by atoms with Gasteiger partial charge in [-0.3, -0.25) is 9.78 Å². The minimum Gasteiger partial charge on any atom is -0.349 e. The van der Waals surface area contributed by atoms with E-state index in [1.54, 1.807) is 18.3 Å². The first-order chi connectivity index (χ1) is 12.2. The molecule has 1 aliphatic rings. The molecule has 2 aromatic heterocycles. The highest BCUT2D eigenvalue weighted by atomic mass is 19.1. The van der Waals surface area contributed by atoms with Crippen molar-refractivity contribution in [1.82, 2.24) is 15.3 Å². The summed E-state index contributed by atoms with van der Waals surface area (Å²) >= 11 is 0. The molecule has 1 N–H and O–H groups in total. The van der Waals surface area contributed by atoms with E-state index in [0.29, 0.717) is 27.9 Å². The molecule has 4 nitrogen and oxygen atoms in total. The van der Waals surface area contributed by atoms with Crippen LogP contribution in [0, 0.1) is 5.82 Å². The number of fused-ring (bicyclic) bond motifs is 1. The number of hydrogen-bond donors (Lipinski definition) is 1. The van der Waals surface area contributed by atoms with Crippen LogP contribution in [-0.4, -0.2) is 21.9 Å². The van der Waals surface area contributed by atoms with Crippen molar-refractivity contribution in [2.45, 2.75) is 31.7 Å². The molecule has 0 spiro atoms. The predicted molar refractivity (Wildman–Crippen MR) is 94.7 cm³/mol. The molecule has 2 heterocycles. The molecule has 0 aliphatic heterocycles. The van der Waals surface area contributed by atoms with Crippen molar-refractivity contribution in [3.63, 3.8) is 0 Å². The van der Waals surface area contributed by atoms with Crippen molar-refractivity contribution in [2.24, 2.45) is 0 Å². The number of rotatable bonds is 3. The van der Waals surface area contributed by atoms with Gasteiger partial charge in [-0.1, -0.05) is 18.9 Å². The van der Waals surface area contributed by atoms with E-state index in [4.69, 9.17) is 0 Å². The van der Waals surface area contributed by atoms with Crippen LogP contribution >= 0.6 is 0 Å². The first kappa shape index (κ1) is 15.7. The topological polar surface area (TPSA) is 54.9 Å². The highest BCUT2D eigenvalue weighted by Gasteiger charge is 2.20. The third-order valence-corrected chi connectivity index (χ3v) is 4.63. The minimum atomic E-state index is -0.375. The Kier molecular flexibility index (Phi) is 4.14. The zero-order valence-electron chi connectivity index (χ0n) is 13.7. The number of pyridine rings is 2. The maximum Gasteiger partial charge on any atom is 0.252 e. The van der Waals surface area contributed by atoms with Crippen molar-refractivity contribution in [2.75, 3.05) is 0 Å². The van der Waals surface area contributed by atoms with Crippen LogP contribution in [0.4, 0.5) is 4.39 Å². The van der Waals surface area contributed by atoms with E-state index in [-0.39, 0.29) is 17.8 Å². The highest BCUT2D eigenvalue weighted by molar-refractivity contribution is 6.07. The van der Waals surface area contributed by atoms with Gasteiger partial charge < -0.3 is 5.32 Å². The number of nitrogens with zero attached hydrogens (tertiary/aromatic N) is 2. The van der Waals surface area contributed by atoms with Gasteiger partial charge in [0.15, 0.2) is 0 Å². The van der Waals surface area contributed by atoms with Gasteiger partial charge in [0, 0.05) is 23.7 Å². The molecule has 126 valence electrons. The van der Waals surface area contributed by atoms with Gasteiger partial charge >= 0.3 is 0 Å². The third-order valence-electron chi connectivity index (χ3n) is 4.63. The molecule has 3 aromatic rings. The van der Waals surface area contributed by atoms with E-state index >= 15 is 0 Å². The Morgan fingerprint density at radius 1 is 1.08 bits per heavy atom. The molecular weight excluding hydrogens is 317 g/mol. The number of nitrogens with one attached hydrogen (secondary N) is 1. The first-order valence-corrected chi connectivity index (χ1v) is 8.53. The maximum absolute atomic E-state index is 13.7. The molecule has 1 saturated carbocycles. The fourth-order valence-corrected chi connectivity index (χ4v) is 3.37. The Labute approximate surface area is 145 Å². The van der Waals surface area contributed by atoms with Crippen LogP contribution in [0.5, 0.6) is 0 Å². The summed E-state index contributed by atoms with van der Waals surface area (Å²) in [5.74, 6) is -0.511. The quantitative estimate of drug-likeness (QED) is 0.784. The number of carbonyl (C=O) groups is 1. The van der Waals surface area contributed by atoms with Gasteiger partial charge in [0.2, 0.25) is 0 Å². The molecule has 0 saturated heterocycles. The zero-order valence-corrected chi connectivity index (χ0v) is 13.7. The van der Waals surface area contributed by atoms with Gasteiger partial charge in [-0.2, -0.15) is 0 Å². The molecule has 0 bridgehead atoms. The summed E-state index contributed by atoms with van der Waals surface area (Å²) in [6.07, 6.45) is 5.98. The van der Waals surface area contributed by atoms with E-state index in [2.05, 4.69) is 15.3 Å². The van der Waals surface area contributed by atoms with Gasteiger partial charge in [-0.05, 0) is 43.2 Å². The summed E-state index contributed by atoms with van der Waals surface area (Å²) in [5.41, 5.74) is 2.19. The summed E-state index contributed by atoms with van der Waals surface area (Å²) in [5, 5.41) is 3.75. The van der Waals surface area contributed by atoms with Crippen molar-refractivity contribution in [1.29, 1.82) is 0 Å². The lowest BCUT2D eigenvalue weighted by atomic mass is 10.0. The Bertz CT molecular complexity index is 921. The Morgan fingerprint density at radius 3 is 2.68 bits per heavy atom. The minimum absolute atomic E-state index is 0.136. The maximum atomic E-state index is 13.7. The van der Waals surface area contributed by atoms with E-state index in [1.807, 2.05) is 18.2 Å². The number of halogens is 1. The van der Waals surface area contributed by atoms with Gasteiger partial charge in [-0.15, -0.1) is 0 Å². The van der Waals surface area contributed by atoms with Crippen molar-refractivity contribution >= 4 is 16.8 Å². The average molecular weight is 335 g/mol. The SMILES string of the molecule is O=C(NC1CCCC1)c1cc(-c2ccccn2)nc2cc(F)ccc12. The molecule has 1 amide bonds. The number of carbonyl (C=O) groups excluding carboxylic acids is 1. The number of benzene rings is 1. The first-order valence-electron chi connectivity index (χ1n) is 8.53. The lowest BCUT2D eigenvalue weighted by Crippen LogP contribution is -2.32. The van der Waals surface area contributed by atoms with E-state index < -0.39 is 0 Å². The summed E-state index contributed by atoms with van der Waals surface area (Å²) in [7, 11) is 0. The summed E-state index contributed by atoms with van der Waals surface area (Å²) in [6.45, 7) is 0. The molecule has 1 aromatic carbocycles. The van der Waals surface area contributed by atoms with Crippen molar-refractivity contribution in [3.8, 4) is 11.4 Å². The second-order valence-corrected chi connectivity index (χ2v) is 6.39. The molecule has 0 atom stereocenters. The van der Waals surface area contributed by atoms with Gasteiger partial charge in [0.1, 0.15) is 5.82 Å². The molecule has 0 radical (unpaired) electrons. The van der Waals surface area contributed by atoms with Crippen molar-refractivity contribution < 1.29 is 9.18 Å². The summed E-state index contributed by atoms with van der Waals surface area (Å²) in [6, 6.07) is 11.8. The Balaban J connectivity index is 1.81. The van der Waals surface area contributed by atoms with Gasteiger partial charge in [0.25, 0.3) is 5.91 Å².